The second-order valence-electron chi connectivity index (χ2n) is 5.93. The van der Waals surface area contributed by atoms with E-state index in [1.807, 2.05) is 30.3 Å². The molecule has 1 N–H and O–H groups in total. The summed E-state index contributed by atoms with van der Waals surface area (Å²) in [7, 11) is 0. The molecule has 0 amide bonds. The lowest BCUT2D eigenvalue weighted by Gasteiger charge is -2.24. The van der Waals surface area contributed by atoms with Gasteiger partial charge in [-0.2, -0.15) is 0 Å². The minimum atomic E-state index is -0.663. The molecule has 1 saturated carbocycles. The first kappa shape index (κ1) is 12.6. The first-order valence-electron chi connectivity index (χ1n) is 7.11. The van der Waals surface area contributed by atoms with E-state index in [0.29, 0.717) is 17.8 Å². The van der Waals surface area contributed by atoms with Crippen molar-refractivity contribution in [1.29, 1.82) is 0 Å². The van der Waals surface area contributed by atoms with Crippen LogP contribution in [0.1, 0.15) is 31.4 Å². The Bertz CT molecular complexity index is 491. The molecule has 0 aromatic heterocycles. The molecule has 2 heteroatoms. The molecule has 100 valence electrons. The van der Waals surface area contributed by atoms with Crippen molar-refractivity contribution in [3.63, 3.8) is 0 Å². The maximum Gasteiger partial charge on any atom is 0.139 e. The van der Waals surface area contributed by atoms with Crippen LogP contribution in [0.2, 0.25) is 0 Å². The molecule has 1 aromatic rings. The number of Topliss-reactive ketones (excluding diaryl/α,β-unsaturated/α-hetero) is 1. The number of fused-ring (bicyclic) bond motifs is 2. The monoisotopic (exact) mass is 256 g/mol. The number of carbonyl (C=O) groups is 1. The van der Waals surface area contributed by atoms with Crippen LogP contribution in [-0.2, 0) is 4.79 Å². The summed E-state index contributed by atoms with van der Waals surface area (Å²) < 4.78 is 0. The summed E-state index contributed by atoms with van der Waals surface area (Å²) in [6.45, 7) is 2.17. The smallest absolute Gasteiger partial charge is 0.139 e. The second-order valence-corrected chi connectivity index (χ2v) is 5.93. The molecule has 19 heavy (non-hydrogen) atoms. The summed E-state index contributed by atoms with van der Waals surface area (Å²) in [5, 5.41) is 10.2. The predicted molar refractivity (Wildman–Crippen MR) is 74.4 cm³/mol. The summed E-state index contributed by atoms with van der Waals surface area (Å²) in [4.78, 5) is 12.4. The second kappa shape index (κ2) is 4.93. The van der Waals surface area contributed by atoms with Crippen LogP contribution < -0.4 is 0 Å². The van der Waals surface area contributed by atoms with Crippen LogP contribution in [0, 0.1) is 23.7 Å². The van der Waals surface area contributed by atoms with E-state index in [2.05, 4.69) is 19.1 Å². The molecule has 0 aliphatic heterocycles. The van der Waals surface area contributed by atoms with E-state index in [-0.39, 0.29) is 18.1 Å². The van der Waals surface area contributed by atoms with E-state index in [1.165, 1.54) is 0 Å². The molecule has 2 bridgehead atoms. The molecule has 1 fully saturated rings. The molecule has 0 radical (unpaired) electrons. The zero-order chi connectivity index (χ0) is 13.4. The van der Waals surface area contributed by atoms with E-state index >= 15 is 0 Å². The van der Waals surface area contributed by atoms with Crippen molar-refractivity contribution in [1.82, 2.24) is 0 Å². The number of ketones is 1. The molecule has 0 unspecified atom stereocenters. The third-order valence-electron chi connectivity index (χ3n) is 4.80. The van der Waals surface area contributed by atoms with Crippen LogP contribution in [0.15, 0.2) is 42.5 Å². The van der Waals surface area contributed by atoms with Gasteiger partial charge in [-0.05, 0) is 29.7 Å². The van der Waals surface area contributed by atoms with Gasteiger partial charge in [0.2, 0.25) is 0 Å². The van der Waals surface area contributed by atoms with E-state index in [9.17, 15) is 9.90 Å². The fourth-order valence-corrected chi connectivity index (χ4v) is 3.72. The van der Waals surface area contributed by atoms with Crippen molar-refractivity contribution in [3.8, 4) is 0 Å². The van der Waals surface area contributed by atoms with Gasteiger partial charge < -0.3 is 5.11 Å². The largest absolute Gasteiger partial charge is 0.388 e. The van der Waals surface area contributed by atoms with Gasteiger partial charge in [-0.3, -0.25) is 4.79 Å². The fourth-order valence-electron chi connectivity index (χ4n) is 3.72. The molecule has 5 atom stereocenters. The Hall–Kier alpha value is -1.41. The van der Waals surface area contributed by atoms with Crippen LogP contribution in [0.4, 0.5) is 0 Å². The number of aliphatic hydroxyl groups excluding tert-OH is 1. The minimum Gasteiger partial charge on any atom is -0.388 e. The lowest BCUT2D eigenvalue weighted by Crippen LogP contribution is -2.27. The van der Waals surface area contributed by atoms with Crippen molar-refractivity contribution in [3.05, 3.63) is 48.0 Å². The first-order valence-corrected chi connectivity index (χ1v) is 7.11. The van der Waals surface area contributed by atoms with Gasteiger partial charge in [0.25, 0.3) is 0 Å². The topological polar surface area (TPSA) is 37.3 Å². The zero-order valence-electron chi connectivity index (χ0n) is 11.2. The average molecular weight is 256 g/mol. The molecule has 2 aliphatic carbocycles. The molecule has 3 rings (SSSR count). The van der Waals surface area contributed by atoms with Gasteiger partial charge in [-0.15, -0.1) is 0 Å². The van der Waals surface area contributed by atoms with Gasteiger partial charge in [0.15, 0.2) is 0 Å². The highest BCUT2D eigenvalue weighted by molar-refractivity contribution is 5.83. The quantitative estimate of drug-likeness (QED) is 0.840. The van der Waals surface area contributed by atoms with Gasteiger partial charge >= 0.3 is 0 Å². The highest BCUT2D eigenvalue weighted by Crippen LogP contribution is 2.48. The molecular formula is C17H20O2. The molecule has 0 heterocycles. The van der Waals surface area contributed by atoms with Crippen LogP contribution in [-0.4, -0.2) is 10.9 Å². The van der Waals surface area contributed by atoms with Gasteiger partial charge in [-0.25, -0.2) is 0 Å². The lowest BCUT2D eigenvalue weighted by atomic mass is 9.79. The fraction of sp³-hybridized carbons (Fsp3) is 0.471. The highest BCUT2D eigenvalue weighted by Gasteiger charge is 2.45. The number of hydrogen-bond acceptors (Lipinski definition) is 2. The maximum absolute atomic E-state index is 12.4. The van der Waals surface area contributed by atoms with Crippen molar-refractivity contribution in [2.75, 3.05) is 0 Å². The SMILES string of the molecule is C[C@H]1[C@H](C(=O)C[C@@H](O)c2ccccc2)[C@@H]2C=C[C@H]1C2. The summed E-state index contributed by atoms with van der Waals surface area (Å²) in [6.07, 6.45) is 5.16. The van der Waals surface area contributed by atoms with E-state index in [4.69, 9.17) is 0 Å². The summed E-state index contributed by atoms with van der Waals surface area (Å²) >= 11 is 0. The molecule has 0 spiro atoms. The molecular weight excluding hydrogens is 236 g/mol. The Morgan fingerprint density at radius 3 is 2.58 bits per heavy atom. The third-order valence-corrected chi connectivity index (χ3v) is 4.80. The third kappa shape index (κ3) is 2.25. The Balaban J connectivity index is 1.68. The van der Waals surface area contributed by atoms with Crippen LogP contribution >= 0.6 is 0 Å². The van der Waals surface area contributed by atoms with Gasteiger partial charge in [0, 0.05) is 12.3 Å². The number of benzene rings is 1. The zero-order valence-corrected chi connectivity index (χ0v) is 11.2. The highest BCUT2D eigenvalue weighted by atomic mass is 16.3. The first-order chi connectivity index (χ1) is 9.16. The van der Waals surface area contributed by atoms with Crippen LogP contribution in [0.5, 0.6) is 0 Å². The number of allylic oxidation sites excluding steroid dienone is 2. The Morgan fingerprint density at radius 2 is 1.95 bits per heavy atom. The summed E-state index contributed by atoms with van der Waals surface area (Å²) in [5.41, 5.74) is 0.835. The van der Waals surface area contributed by atoms with E-state index < -0.39 is 6.10 Å². The predicted octanol–water partition coefficient (Wildman–Crippen LogP) is 3.14. The lowest BCUT2D eigenvalue weighted by molar-refractivity contribution is -0.126. The summed E-state index contributed by atoms with van der Waals surface area (Å²) in [5.74, 6) is 1.77. The number of aliphatic hydroxyl groups is 1. The maximum atomic E-state index is 12.4. The van der Waals surface area contributed by atoms with Gasteiger partial charge in [0.1, 0.15) is 5.78 Å². The number of rotatable bonds is 4. The minimum absolute atomic E-state index is 0.119. The molecule has 2 aliphatic rings. The van der Waals surface area contributed by atoms with Gasteiger partial charge in [-0.1, -0.05) is 49.4 Å². The van der Waals surface area contributed by atoms with Crippen molar-refractivity contribution >= 4 is 5.78 Å². The number of carbonyl (C=O) groups excluding carboxylic acids is 1. The van der Waals surface area contributed by atoms with E-state index in [1.54, 1.807) is 0 Å². The van der Waals surface area contributed by atoms with Crippen molar-refractivity contribution in [2.24, 2.45) is 23.7 Å². The standard InChI is InChI=1S/C17H20O2/c1-11-13-7-8-14(9-13)17(11)16(19)10-15(18)12-5-3-2-4-6-12/h2-8,11,13-15,17-18H,9-10H2,1H3/t11-,13+,14-,15-,17+/m1/s1. The normalized spacial score (nSPS) is 33.6. The Labute approximate surface area is 114 Å². The molecule has 1 aromatic carbocycles. The van der Waals surface area contributed by atoms with E-state index in [0.717, 1.165) is 12.0 Å². The Morgan fingerprint density at radius 1 is 1.26 bits per heavy atom. The van der Waals surface area contributed by atoms with Crippen molar-refractivity contribution < 1.29 is 9.90 Å². The molecule has 0 saturated heterocycles. The Kier molecular flexibility index (Phi) is 3.28. The molecule has 2 nitrogen and oxygen atoms in total. The van der Waals surface area contributed by atoms with Crippen LogP contribution in [0.3, 0.4) is 0 Å². The number of hydrogen-bond donors (Lipinski definition) is 1. The average Bonchev–Trinajstić information content (AvgIpc) is 3.00. The van der Waals surface area contributed by atoms with Crippen LogP contribution in [0.25, 0.3) is 0 Å². The summed E-state index contributed by atoms with van der Waals surface area (Å²) in [6, 6.07) is 9.46. The van der Waals surface area contributed by atoms with Crippen molar-refractivity contribution in [2.45, 2.75) is 25.9 Å². The van der Waals surface area contributed by atoms with Gasteiger partial charge in [0.05, 0.1) is 6.10 Å².